The number of para-hydroxylation sites is 1. The molecule has 2 aromatic heterocycles. The van der Waals surface area contributed by atoms with Gasteiger partial charge in [0, 0.05) is 33.1 Å². The molecule has 0 fully saturated rings. The number of hydrogen-bond acceptors (Lipinski definition) is 1. The van der Waals surface area contributed by atoms with Crippen LogP contribution < -0.4 is 0 Å². The highest BCUT2D eigenvalue weighted by Gasteiger charge is 2.20. The lowest BCUT2D eigenvalue weighted by Crippen LogP contribution is -1.98. The third-order valence-electron chi connectivity index (χ3n) is 9.90. The van der Waals surface area contributed by atoms with E-state index in [1.54, 1.807) is 0 Å². The number of hydrogen-bond donors (Lipinski definition) is 0. The molecule has 0 atom stereocenters. The quantitative estimate of drug-likeness (QED) is 0.184. The van der Waals surface area contributed by atoms with Crippen LogP contribution in [0.3, 0.4) is 0 Å². The Bertz CT molecular complexity index is 2830. The zero-order valence-corrected chi connectivity index (χ0v) is 27.2. The van der Waals surface area contributed by atoms with E-state index in [0.717, 1.165) is 39.2 Å². The highest BCUT2D eigenvalue weighted by Crippen LogP contribution is 2.40. The fourth-order valence-corrected chi connectivity index (χ4v) is 7.55. The van der Waals surface area contributed by atoms with E-state index in [0.29, 0.717) is 0 Å². The van der Waals surface area contributed by atoms with E-state index < -0.39 is 0 Å². The summed E-state index contributed by atoms with van der Waals surface area (Å²) >= 11 is 0. The largest absolute Gasteiger partial charge is 0.309 e. The van der Waals surface area contributed by atoms with Gasteiger partial charge in [0.2, 0.25) is 0 Å². The lowest BCUT2D eigenvalue weighted by Gasteiger charge is -2.13. The normalized spacial score (nSPS) is 11.6. The van der Waals surface area contributed by atoms with Crippen LogP contribution in [0.2, 0.25) is 0 Å². The molecule has 0 N–H and O–H groups in total. The van der Waals surface area contributed by atoms with E-state index in [1.807, 2.05) is 0 Å². The van der Waals surface area contributed by atoms with Crippen molar-refractivity contribution in [1.29, 1.82) is 0 Å². The first-order valence-corrected chi connectivity index (χ1v) is 17.1. The van der Waals surface area contributed by atoms with Crippen molar-refractivity contribution in [1.82, 2.24) is 14.1 Å². The van der Waals surface area contributed by atoms with Gasteiger partial charge in [0.1, 0.15) is 5.82 Å². The van der Waals surface area contributed by atoms with Gasteiger partial charge in [-0.2, -0.15) is 0 Å². The van der Waals surface area contributed by atoms with Crippen molar-refractivity contribution < 1.29 is 0 Å². The van der Waals surface area contributed by atoms with Crippen molar-refractivity contribution in [3.05, 3.63) is 188 Å². The molecular formula is C47H31N3. The minimum Gasteiger partial charge on any atom is -0.309 e. The molecule has 10 rings (SSSR count). The molecule has 0 spiro atoms. The van der Waals surface area contributed by atoms with Crippen molar-refractivity contribution in [2.75, 3.05) is 0 Å². The Morgan fingerprint density at radius 1 is 0.340 bits per heavy atom. The minimum absolute atomic E-state index is 0.925. The molecule has 0 bridgehead atoms. The van der Waals surface area contributed by atoms with E-state index in [4.69, 9.17) is 4.98 Å². The van der Waals surface area contributed by atoms with Crippen LogP contribution in [-0.4, -0.2) is 14.1 Å². The number of aromatic nitrogens is 3. The van der Waals surface area contributed by atoms with Gasteiger partial charge in [-0.05, 0) is 70.1 Å². The van der Waals surface area contributed by atoms with Crippen LogP contribution >= 0.6 is 0 Å². The first kappa shape index (κ1) is 28.3. The molecule has 8 aromatic carbocycles. The second kappa shape index (κ2) is 11.5. The van der Waals surface area contributed by atoms with Gasteiger partial charge < -0.3 is 4.57 Å². The molecule has 3 nitrogen and oxygen atoms in total. The van der Waals surface area contributed by atoms with Crippen molar-refractivity contribution >= 4 is 43.6 Å². The van der Waals surface area contributed by atoms with Crippen molar-refractivity contribution in [3.8, 4) is 45.0 Å². The average molecular weight is 638 g/mol. The molecular weight excluding hydrogens is 607 g/mol. The van der Waals surface area contributed by atoms with Gasteiger partial charge in [0.25, 0.3) is 0 Å². The minimum atomic E-state index is 0.925. The molecule has 0 saturated heterocycles. The average Bonchev–Trinajstić information content (AvgIpc) is 3.74. The monoisotopic (exact) mass is 637 g/mol. The SMILES string of the molecule is c1ccc(-c2ccc(-n3c4ccccc4c4ccc5cc6nc(-c7ccccc7)n(-c7cccc(-c8ccccc8)c7)c6cc5c43)cc2)cc1. The molecule has 10 aromatic rings. The number of rotatable bonds is 5. The predicted molar refractivity (Wildman–Crippen MR) is 209 cm³/mol. The number of benzene rings is 8. The smallest absolute Gasteiger partial charge is 0.145 e. The van der Waals surface area contributed by atoms with Crippen molar-refractivity contribution in [2.45, 2.75) is 0 Å². The summed E-state index contributed by atoms with van der Waals surface area (Å²) in [6.07, 6.45) is 0. The second-order valence-corrected chi connectivity index (χ2v) is 12.8. The van der Waals surface area contributed by atoms with E-state index in [9.17, 15) is 0 Å². The third kappa shape index (κ3) is 4.56. The van der Waals surface area contributed by atoms with E-state index in [-0.39, 0.29) is 0 Å². The van der Waals surface area contributed by atoms with Gasteiger partial charge >= 0.3 is 0 Å². The van der Waals surface area contributed by atoms with E-state index in [1.165, 1.54) is 49.4 Å². The fourth-order valence-electron chi connectivity index (χ4n) is 7.55. The first-order chi connectivity index (χ1) is 24.8. The molecule has 0 unspecified atom stereocenters. The Balaban J connectivity index is 1.26. The number of fused-ring (bicyclic) bond motifs is 6. The first-order valence-electron chi connectivity index (χ1n) is 17.1. The van der Waals surface area contributed by atoms with Gasteiger partial charge in [-0.3, -0.25) is 4.57 Å². The Labute approximate surface area is 290 Å². The topological polar surface area (TPSA) is 22.8 Å². The summed E-state index contributed by atoms with van der Waals surface area (Å²) in [5, 5.41) is 4.83. The summed E-state index contributed by atoms with van der Waals surface area (Å²) in [5.74, 6) is 0.925. The van der Waals surface area contributed by atoms with Gasteiger partial charge in [-0.25, -0.2) is 4.98 Å². The Morgan fingerprint density at radius 2 is 0.960 bits per heavy atom. The van der Waals surface area contributed by atoms with Crippen LogP contribution in [0.1, 0.15) is 0 Å². The molecule has 0 aliphatic rings. The zero-order valence-electron chi connectivity index (χ0n) is 27.2. The Morgan fingerprint density at radius 3 is 1.70 bits per heavy atom. The molecule has 2 heterocycles. The second-order valence-electron chi connectivity index (χ2n) is 12.8. The summed E-state index contributed by atoms with van der Waals surface area (Å²) in [4.78, 5) is 5.31. The van der Waals surface area contributed by atoms with Gasteiger partial charge in [-0.1, -0.05) is 146 Å². The lowest BCUT2D eigenvalue weighted by atomic mass is 10.0. The molecule has 0 aliphatic heterocycles. The van der Waals surface area contributed by atoms with Gasteiger partial charge in [0.15, 0.2) is 0 Å². The summed E-state index contributed by atoms with van der Waals surface area (Å²) in [6, 6.07) is 67.3. The zero-order chi connectivity index (χ0) is 33.0. The van der Waals surface area contributed by atoms with Gasteiger partial charge in [0.05, 0.1) is 22.1 Å². The molecule has 50 heavy (non-hydrogen) atoms. The highest BCUT2D eigenvalue weighted by atomic mass is 15.1. The lowest BCUT2D eigenvalue weighted by molar-refractivity contribution is 1.10. The van der Waals surface area contributed by atoms with Crippen LogP contribution in [0.5, 0.6) is 0 Å². The van der Waals surface area contributed by atoms with E-state index >= 15 is 0 Å². The molecule has 0 saturated carbocycles. The predicted octanol–water partition coefficient (Wildman–Crippen LogP) is 12.3. The Hall–Kier alpha value is -6.71. The fraction of sp³-hybridized carbons (Fsp3) is 0. The maximum absolute atomic E-state index is 5.31. The summed E-state index contributed by atoms with van der Waals surface area (Å²) in [7, 11) is 0. The molecule has 0 aliphatic carbocycles. The number of nitrogens with zero attached hydrogens (tertiary/aromatic N) is 3. The van der Waals surface area contributed by atoms with Crippen molar-refractivity contribution in [2.24, 2.45) is 0 Å². The van der Waals surface area contributed by atoms with Crippen molar-refractivity contribution in [3.63, 3.8) is 0 Å². The van der Waals surface area contributed by atoms with Crippen LogP contribution in [0.4, 0.5) is 0 Å². The highest BCUT2D eigenvalue weighted by molar-refractivity contribution is 6.20. The van der Waals surface area contributed by atoms with Gasteiger partial charge in [-0.15, -0.1) is 0 Å². The van der Waals surface area contributed by atoms with Crippen LogP contribution in [0.25, 0.3) is 88.6 Å². The summed E-state index contributed by atoms with van der Waals surface area (Å²) in [6.45, 7) is 0. The number of imidazole rings is 1. The third-order valence-corrected chi connectivity index (χ3v) is 9.90. The standard InChI is InChI=1S/C47H31N3/c1-4-13-32(14-5-1)34-23-26-38(27-24-34)49-44-22-11-10-21-40(44)41-28-25-37-30-43-45(31-42(37)46(41)49)50(47(48-43)35-17-8-3-9-18-35)39-20-12-19-36(29-39)33-15-6-2-7-16-33/h1-31H. The van der Waals surface area contributed by atoms with Crippen LogP contribution in [0, 0.1) is 0 Å². The maximum atomic E-state index is 5.31. The maximum Gasteiger partial charge on any atom is 0.145 e. The molecule has 0 amide bonds. The summed E-state index contributed by atoms with van der Waals surface area (Å²) in [5.41, 5.74) is 12.5. The molecule has 3 heteroatoms. The Kier molecular flexibility index (Phi) is 6.49. The molecule has 0 radical (unpaired) electrons. The van der Waals surface area contributed by atoms with Crippen LogP contribution in [-0.2, 0) is 0 Å². The van der Waals surface area contributed by atoms with E-state index in [2.05, 4.69) is 197 Å². The molecule has 234 valence electrons. The summed E-state index contributed by atoms with van der Waals surface area (Å²) < 4.78 is 4.76. The van der Waals surface area contributed by atoms with Crippen LogP contribution in [0.15, 0.2) is 188 Å².